The number of benzene rings is 1. The summed E-state index contributed by atoms with van der Waals surface area (Å²) in [4.78, 5) is 0. The van der Waals surface area contributed by atoms with Gasteiger partial charge in [0.25, 0.3) is 0 Å². The van der Waals surface area contributed by atoms with E-state index in [2.05, 4.69) is 41.4 Å². The second kappa shape index (κ2) is 12.1. The van der Waals surface area contributed by atoms with Crippen LogP contribution in [0, 0.1) is 11.8 Å². The molecule has 0 unspecified atom stereocenters. The standard InChI is InChI=1S/C19H27IO/c1-3-4-5-6-7-11-14-18(20)19(21-2)16-15-17-12-9-8-10-13-17/h8-10,12-13,18-19H,3-7,11,14H2,1-2H3/t18-,19+/m0/s1. The third-order valence-corrected chi connectivity index (χ3v) is 4.82. The molecule has 0 aliphatic carbocycles. The van der Waals surface area contributed by atoms with E-state index in [1.165, 1.54) is 44.9 Å². The van der Waals surface area contributed by atoms with Gasteiger partial charge in [-0.2, -0.15) is 0 Å². The highest BCUT2D eigenvalue weighted by atomic mass is 127. The summed E-state index contributed by atoms with van der Waals surface area (Å²) < 4.78 is 6.02. The number of methoxy groups -OCH3 is 1. The SMILES string of the molecule is CCCCCCCC[C@H](I)[C@@H](C#Cc1ccccc1)OC. The van der Waals surface area contributed by atoms with E-state index in [9.17, 15) is 0 Å². The van der Waals surface area contributed by atoms with Gasteiger partial charge in [-0.25, -0.2) is 0 Å². The van der Waals surface area contributed by atoms with Crippen LogP contribution in [-0.2, 0) is 4.74 Å². The molecule has 1 nitrogen and oxygen atoms in total. The highest BCUT2D eigenvalue weighted by Gasteiger charge is 2.15. The Hall–Kier alpha value is -0.530. The van der Waals surface area contributed by atoms with Crippen LogP contribution in [0.4, 0.5) is 0 Å². The Labute approximate surface area is 144 Å². The lowest BCUT2D eigenvalue weighted by molar-refractivity contribution is 0.147. The average Bonchev–Trinajstić information content (AvgIpc) is 2.52. The van der Waals surface area contributed by atoms with Crippen LogP contribution in [0.1, 0.15) is 57.4 Å². The average molecular weight is 398 g/mol. The van der Waals surface area contributed by atoms with Gasteiger partial charge in [0, 0.05) is 16.6 Å². The zero-order valence-electron chi connectivity index (χ0n) is 13.3. The van der Waals surface area contributed by atoms with Gasteiger partial charge in [0.1, 0.15) is 6.10 Å². The van der Waals surface area contributed by atoms with Gasteiger partial charge < -0.3 is 4.74 Å². The fourth-order valence-electron chi connectivity index (χ4n) is 2.24. The van der Waals surface area contributed by atoms with Crippen LogP contribution >= 0.6 is 22.6 Å². The van der Waals surface area contributed by atoms with Gasteiger partial charge >= 0.3 is 0 Å². The number of unbranched alkanes of at least 4 members (excludes halogenated alkanes) is 5. The van der Waals surface area contributed by atoms with Gasteiger partial charge in [-0.3, -0.25) is 0 Å². The van der Waals surface area contributed by atoms with Crippen molar-refractivity contribution in [3.05, 3.63) is 35.9 Å². The normalized spacial score (nSPS) is 13.3. The maximum atomic E-state index is 5.55. The number of alkyl halides is 1. The maximum absolute atomic E-state index is 5.55. The van der Waals surface area contributed by atoms with E-state index >= 15 is 0 Å². The lowest BCUT2D eigenvalue weighted by Crippen LogP contribution is -2.21. The quantitative estimate of drug-likeness (QED) is 0.228. The monoisotopic (exact) mass is 398 g/mol. The summed E-state index contributed by atoms with van der Waals surface area (Å²) in [5.74, 6) is 6.48. The first-order valence-electron chi connectivity index (χ1n) is 8.01. The minimum atomic E-state index is 0.0291. The van der Waals surface area contributed by atoms with Crippen molar-refractivity contribution in [2.45, 2.75) is 61.9 Å². The van der Waals surface area contributed by atoms with E-state index < -0.39 is 0 Å². The molecule has 0 N–H and O–H groups in total. The molecule has 0 heterocycles. The van der Waals surface area contributed by atoms with Crippen LogP contribution in [0.2, 0.25) is 0 Å². The molecule has 1 aromatic carbocycles. The van der Waals surface area contributed by atoms with E-state index in [1.807, 2.05) is 30.3 Å². The zero-order chi connectivity index (χ0) is 15.3. The summed E-state index contributed by atoms with van der Waals surface area (Å²) in [6, 6.07) is 10.1. The highest BCUT2D eigenvalue weighted by Crippen LogP contribution is 2.18. The smallest absolute Gasteiger partial charge is 0.129 e. The Bertz CT molecular complexity index is 418. The molecule has 2 atom stereocenters. The van der Waals surface area contributed by atoms with Crippen LogP contribution in [0.15, 0.2) is 30.3 Å². The minimum Gasteiger partial charge on any atom is -0.368 e. The lowest BCUT2D eigenvalue weighted by Gasteiger charge is -2.15. The van der Waals surface area contributed by atoms with E-state index in [0.717, 1.165) is 5.56 Å². The molecular weight excluding hydrogens is 371 g/mol. The highest BCUT2D eigenvalue weighted by molar-refractivity contribution is 14.1. The molecule has 0 aliphatic rings. The number of rotatable bonds is 9. The summed E-state index contributed by atoms with van der Waals surface area (Å²) in [5.41, 5.74) is 1.06. The molecule has 0 bridgehead atoms. The van der Waals surface area contributed by atoms with Crippen LogP contribution in [0.5, 0.6) is 0 Å². The van der Waals surface area contributed by atoms with E-state index in [4.69, 9.17) is 4.74 Å². The molecule has 0 radical (unpaired) electrons. The number of halogens is 1. The number of hydrogen-bond acceptors (Lipinski definition) is 1. The van der Waals surface area contributed by atoms with Crippen LogP contribution in [0.25, 0.3) is 0 Å². The largest absolute Gasteiger partial charge is 0.368 e. The van der Waals surface area contributed by atoms with Crippen molar-refractivity contribution in [1.29, 1.82) is 0 Å². The second-order valence-corrected chi connectivity index (χ2v) is 6.96. The summed E-state index contributed by atoms with van der Waals surface area (Å²) in [6.45, 7) is 2.26. The van der Waals surface area contributed by atoms with Gasteiger partial charge in [-0.1, -0.05) is 98.1 Å². The molecule has 0 spiro atoms. The maximum Gasteiger partial charge on any atom is 0.129 e. The third-order valence-electron chi connectivity index (χ3n) is 3.55. The van der Waals surface area contributed by atoms with Crippen molar-refractivity contribution < 1.29 is 4.74 Å². The van der Waals surface area contributed by atoms with Gasteiger partial charge in [0.15, 0.2) is 0 Å². The van der Waals surface area contributed by atoms with Gasteiger partial charge in [-0.05, 0) is 18.6 Å². The lowest BCUT2D eigenvalue weighted by atomic mass is 10.1. The molecule has 1 aromatic rings. The predicted octanol–water partition coefficient (Wildman–Crippen LogP) is 5.61. The first-order chi connectivity index (χ1) is 10.3. The van der Waals surface area contributed by atoms with E-state index in [-0.39, 0.29) is 6.10 Å². The second-order valence-electron chi connectivity index (χ2n) is 5.36. The van der Waals surface area contributed by atoms with Gasteiger partial charge in [-0.15, -0.1) is 0 Å². The Kier molecular flexibility index (Phi) is 10.6. The molecule has 21 heavy (non-hydrogen) atoms. The van der Waals surface area contributed by atoms with Gasteiger partial charge in [0.2, 0.25) is 0 Å². The molecule has 116 valence electrons. The molecule has 0 saturated heterocycles. The summed E-state index contributed by atoms with van der Waals surface area (Å²) >= 11 is 2.49. The first kappa shape index (κ1) is 18.5. The molecular formula is C19H27IO. The van der Waals surface area contributed by atoms with E-state index in [0.29, 0.717) is 3.92 Å². The fourth-order valence-corrected chi connectivity index (χ4v) is 3.16. The zero-order valence-corrected chi connectivity index (χ0v) is 15.4. The fraction of sp³-hybridized carbons (Fsp3) is 0.579. The minimum absolute atomic E-state index is 0.0291. The van der Waals surface area contributed by atoms with E-state index in [1.54, 1.807) is 7.11 Å². The molecule has 2 heteroatoms. The summed E-state index contributed by atoms with van der Waals surface area (Å²) in [7, 11) is 1.76. The van der Waals surface area contributed by atoms with Crippen molar-refractivity contribution in [1.82, 2.24) is 0 Å². The van der Waals surface area contributed by atoms with Crippen molar-refractivity contribution in [2.24, 2.45) is 0 Å². The molecule has 0 aliphatic heterocycles. The first-order valence-corrected chi connectivity index (χ1v) is 9.26. The van der Waals surface area contributed by atoms with Crippen molar-refractivity contribution in [2.75, 3.05) is 7.11 Å². The van der Waals surface area contributed by atoms with Crippen molar-refractivity contribution >= 4 is 22.6 Å². The third kappa shape index (κ3) is 8.48. The Morgan fingerprint density at radius 3 is 2.38 bits per heavy atom. The van der Waals surface area contributed by atoms with Crippen molar-refractivity contribution in [3.63, 3.8) is 0 Å². The van der Waals surface area contributed by atoms with Crippen LogP contribution in [0.3, 0.4) is 0 Å². The molecule has 0 aromatic heterocycles. The Balaban J connectivity index is 2.33. The van der Waals surface area contributed by atoms with Gasteiger partial charge in [0.05, 0.1) is 0 Å². The molecule has 1 rings (SSSR count). The molecule has 0 saturated carbocycles. The Morgan fingerprint density at radius 2 is 1.71 bits per heavy atom. The van der Waals surface area contributed by atoms with Crippen LogP contribution in [-0.4, -0.2) is 17.1 Å². The Morgan fingerprint density at radius 1 is 1.05 bits per heavy atom. The predicted molar refractivity (Wildman–Crippen MR) is 99.9 cm³/mol. The topological polar surface area (TPSA) is 9.23 Å². The van der Waals surface area contributed by atoms with Crippen LogP contribution < -0.4 is 0 Å². The summed E-state index contributed by atoms with van der Waals surface area (Å²) in [5, 5.41) is 0. The number of ether oxygens (including phenoxy) is 1. The van der Waals surface area contributed by atoms with Crippen molar-refractivity contribution in [3.8, 4) is 11.8 Å². The number of hydrogen-bond donors (Lipinski definition) is 0. The molecule has 0 fully saturated rings. The molecule has 0 amide bonds. The summed E-state index contributed by atoms with van der Waals surface area (Å²) in [6.07, 6.45) is 9.27.